The molecule has 1 N–H and O–H groups in total. The zero-order valence-electron chi connectivity index (χ0n) is 15.2. The van der Waals surface area contributed by atoms with Crippen LogP contribution in [0.4, 0.5) is 0 Å². The molecule has 3 aromatic rings. The number of nitrogens with zero attached hydrogens (tertiary/aromatic N) is 1. The summed E-state index contributed by atoms with van der Waals surface area (Å²) in [4.78, 5) is 22.1. The Morgan fingerprint density at radius 1 is 1.39 bits per heavy atom. The summed E-state index contributed by atoms with van der Waals surface area (Å²) in [6.07, 6.45) is 11.9. The predicted molar refractivity (Wildman–Crippen MR) is 114 cm³/mol. The Kier molecular flexibility index (Phi) is 5.12. The molecule has 0 saturated heterocycles. The van der Waals surface area contributed by atoms with Gasteiger partial charge in [0.2, 0.25) is 0 Å². The van der Waals surface area contributed by atoms with Crippen molar-refractivity contribution in [1.29, 1.82) is 0 Å². The topological polar surface area (TPSA) is 64.2 Å². The maximum Gasteiger partial charge on any atom is 0.260 e. The third-order valence-corrected chi connectivity index (χ3v) is 6.05. The summed E-state index contributed by atoms with van der Waals surface area (Å²) in [5, 5.41) is 1.13. The highest BCUT2D eigenvalue weighted by molar-refractivity contribution is 7.18. The molecule has 0 amide bonds. The number of hydrogen-bond acceptors (Lipinski definition) is 5. The van der Waals surface area contributed by atoms with Gasteiger partial charge in [0.25, 0.3) is 5.56 Å². The fourth-order valence-electron chi connectivity index (χ4n) is 3.36. The lowest BCUT2D eigenvalue weighted by atomic mass is 10.1. The van der Waals surface area contributed by atoms with Crippen LogP contribution in [0.1, 0.15) is 28.2 Å². The molecule has 1 aliphatic carbocycles. The van der Waals surface area contributed by atoms with Crippen LogP contribution in [0, 0.1) is 12.3 Å². The van der Waals surface area contributed by atoms with E-state index >= 15 is 0 Å². The number of nitrogens with one attached hydrogen (secondary N) is 1. The molecule has 2 heterocycles. The summed E-state index contributed by atoms with van der Waals surface area (Å²) in [5.41, 5.74) is 1.87. The van der Waals surface area contributed by atoms with Crippen LogP contribution in [0.3, 0.4) is 0 Å². The second-order valence-corrected chi connectivity index (χ2v) is 7.84. The SMILES string of the molecule is C#CCOc1c(Cl)cc(/C=C/c2nc3sc4c(c3c(=O)[nH]2)CCC4)cc1OC. The van der Waals surface area contributed by atoms with Gasteiger partial charge in [0.15, 0.2) is 11.5 Å². The molecule has 2 aromatic heterocycles. The Hall–Kier alpha value is -2.75. The maximum absolute atomic E-state index is 12.5. The van der Waals surface area contributed by atoms with Gasteiger partial charge in [-0.3, -0.25) is 4.79 Å². The summed E-state index contributed by atoms with van der Waals surface area (Å²) in [5.74, 6) is 3.78. The zero-order valence-corrected chi connectivity index (χ0v) is 16.7. The number of methoxy groups -OCH3 is 1. The monoisotopic (exact) mass is 412 g/mol. The van der Waals surface area contributed by atoms with Gasteiger partial charge in [-0.1, -0.05) is 23.6 Å². The highest BCUT2D eigenvalue weighted by Gasteiger charge is 2.20. The highest BCUT2D eigenvalue weighted by Crippen LogP contribution is 2.37. The number of aromatic nitrogens is 2. The number of terminal acetylenes is 1. The smallest absolute Gasteiger partial charge is 0.260 e. The van der Waals surface area contributed by atoms with Gasteiger partial charge < -0.3 is 14.5 Å². The second kappa shape index (κ2) is 7.70. The first-order chi connectivity index (χ1) is 13.6. The van der Waals surface area contributed by atoms with Gasteiger partial charge in [-0.15, -0.1) is 17.8 Å². The lowest BCUT2D eigenvalue weighted by Crippen LogP contribution is -2.09. The van der Waals surface area contributed by atoms with E-state index in [1.807, 2.05) is 6.08 Å². The minimum Gasteiger partial charge on any atom is -0.493 e. The molecule has 0 spiro atoms. The van der Waals surface area contributed by atoms with E-state index in [4.69, 9.17) is 27.5 Å². The predicted octanol–water partition coefficient (Wildman–Crippen LogP) is 4.32. The largest absolute Gasteiger partial charge is 0.493 e. The molecule has 1 aromatic carbocycles. The molecule has 7 heteroatoms. The molecule has 142 valence electrons. The Morgan fingerprint density at radius 2 is 2.25 bits per heavy atom. The molecule has 1 aliphatic rings. The summed E-state index contributed by atoms with van der Waals surface area (Å²) in [6.45, 7) is 0.0984. The number of halogens is 1. The Bertz CT molecular complexity index is 1190. The Balaban J connectivity index is 1.67. The molecule has 0 aliphatic heterocycles. The molecule has 0 atom stereocenters. The molecule has 0 bridgehead atoms. The molecule has 0 radical (unpaired) electrons. The van der Waals surface area contributed by atoms with E-state index in [1.165, 1.54) is 17.6 Å². The van der Waals surface area contributed by atoms with Crippen molar-refractivity contribution in [1.82, 2.24) is 9.97 Å². The number of aromatic amines is 1. The van der Waals surface area contributed by atoms with Gasteiger partial charge in [-0.25, -0.2) is 4.98 Å². The minimum absolute atomic E-state index is 0.0855. The Labute approximate surface area is 171 Å². The van der Waals surface area contributed by atoms with Gasteiger partial charge in [0.1, 0.15) is 17.3 Å². The lowest BCUT2D eigenvalue weighted by molar-refractivity contribution is 0.331. The summed E-state index contributed by atoms with van der Waals surface area (Å²) >= 11 is 7.91. The van der Waals surface area contributed by atoms with Crippen LogP contribution in [0.2, 0.25) is 5.02 Å². The average molecular weight is 413 g/mol. The second-order valence-electron chi connectivity index (χ2n) is 6.35. The van der Waals surface area contributed by atoms with Crippen LogP contribution in [-0.2, 0) is 12.8 Å². The minimum atomic E-state index is -0.0855. The third-order valence-electron chi connectivity index (χ3n) is 4.58. The lowest BCUT2D eigenvalue weighted by Gasteiger charge is -2.11. The average Bonchev–Trinajstić information content (AvgIpc) is 3.25. The number of rotatable bonds is 5. The first-order valence-electron chi connectivity index (χ1n) is 8.77. The van der Waals surface area contributed by atoms with E-state index in [0.717, 1.165) is 35.0 Å². The number of aryl methyl sites for hydroxylation is 2. The van der Waals surface area contributed by atoms with Crippen molar-refractivity contribution >= 4 is 45.3 Å². The van der Waals surface area contributed by atoms with E-state index in [-0.39, 0.29) is 12.2 Å². The molecule has 4 rings (SSSR count). The van der Waals surface area contributed by atoms with Crippen molar-refractivity contribution in [2.75, 3.05) is 13.7 Å². The number of fused-ring (bicyclic) bond motifs is 3. The van der Waals surface area contributed by atoms with Gasteiger partial charge in [0, 0.05) is 4.88 Å². The molecular formula is C21H17ClN2O3S. The van der Waals surface area contributed by atoms with E-state index in [9.17, 15) is 4.79 Å². The summed E-state index contributed by atoms with van der Waals surface area (Å²) in [7, 11) is 1.53. The fourth-order valence-corrected chi connectivity index (χ4v) is 4.91. The molecule has 5 nitrogen and oxygen atoms in total. The van der Waals surface area contributed by atoms with E-state index in [1.54, 1.807) is 29.5 Å². The van der Waals surface area contributed by atoms with Crippen LogP contribution in [0.5, 0.6) is 11.5 Å². The van der Waals surface area contributed by atoms with E-state index in [2.05, 4.69) is 15.9 Å². The van der Waals surface area contributed by atoms with Crippen molar-refractivity contribution in [3.63, 3.8) is 0 Å². The normalized spacial score (nSPS) is 13.0. The maximum atomic E-state index is 12.5. The van der Waals surface area contributed by atoms with Crippen molar-refractivity contribution in [3.8, 4) is 23.8 Å². The van der Waals surface area contributed by atoms with Gasteiger partial charge in [-0.2, -0.15) is 0 Å². The van der Waals surface area contributed by atoms with Crippen LogP contribution < -0.4 is 15.0 Å². The third kappa shape index (κ3) is 3.39. The van der Waals surface area contributed by atoms with Crippen LogP contribution in [-0.4, -0.2) is 23.7 Å². The molecule has 0 fully saturated rings. The number of benzene rings is 1. The first-order valence-corrected chi connectivity index (χ1v) is 9.96. The molecule has 28 heavy (non-hydrogen) atoms. The van der Waals surface area contributed by atoms with Crippen LogP contribution in [0.15, 0.2) is 16.9 Å². The van der Waals surface area contributed by atoms with Crippen molar-refractivity contribution in [2.24, 2.45) is 0 Å². The van der Waals surface area contributed by atoms with Crippen LogP contribution >= 0.6 is 22.9 Å². The van der Waals surface area contributed by atoms with Crippen molar-refractivity contribution < 1.29 is 9.47 Å². The summed E-state index contributed by atoms with van der Waals surface area (Å²) in [6, 6.07) is 3.52. The molecular weight excluding hydrogens is 396 g/mol. The number of ether oxygens (including phenoxy) is 2. The molecule has 0 saturated carbocycles. The zero-order chi connectivity index (χ0) is 19.7. The van der Waals surface area contributed by atoms with Crippen LogP contribution in [0.25, 0.3) is 22.4 Å². The first kappa shape index (κ1) is 18.6. The number of thiophene rings is 1. The summed E-state index contributed by atoms with van der Waals surface area (Å²) < 4.78 is 10.8. The van der Waals surface area contributed by atoms with Gasteiger partial charge in [0.05, 0.1) is 17.5 Å². The van der Waals surface area contributed by atoms with E-state index in [0.29, 0.717) is 22.3 Å². The highest BCUT2D eigenvalue weighted by atomic mass is 35.5. The fraction of sp³-hybridized carbons (Fsp3) is 0.238. The Morgan fingerprint density at radius 3 is 3.04 bits per heavy atom. The van der Waals surface area contributed by atoms with Gasteiger partial charge >= 0.3 is 0 Å². The standard InChI is InChI=1S/C21H17ClN2O3S/c1-3-9-27-19-14(22)10-12(11-15(19)26-2)7-8-17-23-20(25)18-13-5-4-6-16(13)28-21(18)24-17/h1,7-8,10-11H,4-6,9H2,2H3,(H,23,24,25)/b8-7+. The number of H-pyrrole nitrogens is 1. The quantitative estimate of drug-likeness (QED) is 0.634. The molecule has 0 unspecified atom stereocenters. The van der Waals surface area contributed by atoms with Gasteiger partial charge in [-0.05, 0) is 48.6 Å². The van der Waals surface area contributed by atoms with Crippen molar-refractivity contribution in [2.45, 2.75) is 19.3 Å². The van der Waals surface area contributed by atoms with Crippen molar-refractivity contribution in [3.05, 3.63) is 49.3 Å². The van der Waals surface area contributed by atoms with E-state index < -0.39 is 0 Å². The number of hydrogen-bond donors (Lipinski definition) is 1.